The topological polar surface area (TPSA) is 109 Å². The van der Waals surface area contributed by atoms with Crippen molar-refractivity contribution in [2.24, 2.45) is 0 Å². The van der Waals surface area contributed by atoms with Gasteiger partial charge in [0.15, 0.2) is 11.5 Å². The molecule has 0 unspecified atom stereocenters. The van der Waals surface area contributed by atoms with Crippen LogP contribution in [0.1, 0.15) is 16.8 Å². The van der Waals surface area contributed by atoms with Gasteiger partial charge in [0.25, 0.3) is 11.6 Å². The fraction of sp³-hybridized carbons (Fsp3) is 0.238. The minimum atomic E-state index is -0.617. The van der Waals surface area contributed by atoms with E-state index >= 15 is 0 Å². The van der Waals surface area contributed by atoms with Crippen molar-refractivity contribution in [3.8, 4) is 22.9 Å². The highest BCUT2D eigenvalue weighted by atomic mass is 16.6. The lowest BCUT2D eigenvalue weighted by molar-refractivity contribution is -0.385. The van der Waals surface area contributed by atoms with Crippen LogP contribution in [0.5, 0.6) is 11.5 Å². The smallest absolute Gasteiger partial charge is 0.286 e. The van der Waals surface area contributed by atoms with Gasteiger partial charge in [0.1, 0.15) is 11.4 Å². The summed E-state index contributed by atoms with van der Waals surface area (Å²) in [5.41, 5.74) is 0.587. The monoisotopic (exact) mass is 410 g/mol. The standard InChI is InChI=1S/C21H22N4O5/c1-29-18-13-16(17(25(27)28)14-19(18)30-2)21(26)23-9-6-11-24-12-10-22-20(24)15-7-4-3-5-8-15/h3-5,7-8,10,12-14H,6,9,11H2,1-2H3,(H,23,26). The molecule has 0 atom stereocenters. The van der Waals surface area contributed by atoms with Gasteiger partial charge in [-0.3, -0.25) is 14.9 Å². The van der Waals surface area contributed by atoms with E-state index in [1.807, 2.05) is 41.1 Å². The Morgan fingerprint density at radius 3 is 2.53 bits per heavy atom. The zero-order chi connectivity index (χ0) is 21.5. The van der Waals surface area contributed by atoms with E-state index in [9.17, 15) is 14.9 Å². The molecule has 9 nitrogen and oxygen atoms in total. The number of nitro groups is 1. The van der Waals surface area contributed by atoms with Crippen molar-refractivity contribution in [2.75, 3.05) is 20.8 Å². The Hall–Kier alpha value is -3.88. The highest BCUT2D eigenvalue weighted by Crippen LogP contribution is 2.34. The molecule has 2 aromatic carbocycles. The Kier molecular flexibility index (Phi) is 6.63. The SMILES string of the molecule is COc1cc(C(=O)NCCCn2ccnc2-c2ccccc2)c([N+](=O)[O-])cc1OC. The molecule has 3 rings (SSSR count). The van der Waals surface area contributed by atoms with Gasteiger partial charge in [-0.05, 0) is 6.42 Å². The van der Waals surface area contributed by atoms with Crippen molar-refractivity contribution in [2.45, 2.75) is 13.0 Å². The third-order valence-corrected chi connectivity index (χ3v) is 4.55. The number of ether oxygens (including phenoxy) is 2. The second-order valence-corrected chi connectivity index (χ2v) is 6.40. The van der Waals surface area contributed by atoms with Gasteiger partial charge in [0.2, 0.25) is 0 Å². The molecule has 1 heterocycles. The van der Waals surface area contributed by atoms with Gasteiger partial charge in [0.05, 0.1) is 25.2 Å². The number of nitrogens with one attached hydrogen (secondary N) is 1. The van der Waals surface area contributed by atoms with E-state index in [-0.39, 0.29) is 22.7 Å². The molecule has 3 aromatic rings. The first kappa shape index (κ1) is 20.8. The van der Waals surface area contributed by atoms with Gasteiger partial charge >= 0.3 is 0 Å². The molecule has 0 saturated heterocycles. The van der Waals surface area contributed by atoms with Crippen LogP contribution in [0.2, 0.25) is 0 Å². The van der Waals surface area contributed by atoms with E-state index in [0.29, 0.717) is 19.5 Å². The van der Waals surface area contributed by atoms with E-state index in [1.165, 1.54) is 26.4 Å². The minimum absolute atomic E-state index is 0.0785. The van der Waals surface area contributed by atoms with Gasteiger partial charge in [-0.15, -0.1) is 0 Å². The van der Waals surface area contributed by atoms with Crippen LogP contribution in [0.15, 0.2) is 54.9 Å². The molecular formula is C21H22N4O5. The van der Waals surface area contributed by atoms with E-state index in [2.05, 4.69) is 10.3 Å². The molecule has 0 fully saturated rings. The van der Waals surface area contributed by atoms with Gasteiger partial charge < -0.3 is 19.4 Å². The summed E-state index contributed by atoms with van der Waals surface area (Å²) >= 11 is 0. The summed E-state index contributed by atoms with van der Waals surface area (Å²) in [6.07, 6.45) is 4.24. The van der Waals surface area contributed by atoms with Crippen molar-refractivity contribution < 1.29 is 19.2 Å². The molecule has 9 heteroatoms. The number of nitro benzene ring substituents is 1. The number of hydrogen-bond acceptors (Lipinski definition) is 6. The molecule has 1 N–H and O–H groups in total. The maximum atomic E-state index is 12.6. The summed E-state index contributed by atoms with van der Waals surface area (Å²) in [5, 5.41) is 14.1. The number of rotatable bonds is 9. The Bertz CT molecular complexity index is 1030. The molecule has 0 aliphatic carbocycles. The number of nitrogens with zero attached hydrogens (tertiary/aromatic N) is 3. The first-order valence-electron chi connectivity index (χ1n) is 9.30. The van der Waals surface area contributed by atoms with Crippen molar-refractivity contribution in [1.29, 1.82) is 0 Å². The molecule has 1 aromatic heterocycles. The van der Waals surface area contributed by atoms with Crippen LogP contribution in [0.4, 0.5) is 5.69 Å². The Morgan fingerprint density at radius 1 is 1.17 bits per heavy atom. The maximum absolute atomic E-state index is 12.6. The number of aromatic nitrogens is 2. The Labute approximate surface area is 173 Å². The van der Waals surface area contributed by atoms with Crippen molar-refractivity contribution in [3.05, 3.63) is 70.5 Å². The zero-order valence-electron chi connectivity index (χ0n) is 16.7. The number of amides is 1. The van der Waals surface area contributed by atoms with Crippen molar-refractivity contribution in [3.63, 3.8) is 0 Å². The average Bonchev–Trinajstić information content (AvgIpc) is 3.24. The first-order valence-corrected chi connectivity index (χ1v) is 9.30. The van der Waals surface area contributed by atoms with Gasteiger partial charge in [0, 0.05) is 37.1 Å². The molecule has 0 aliphatic rings. The van der Waals surface area contributed by atoms with Gasteiger partial charge in [-0.2, -0.15) is 0 Å². The Morgan fingerprint density at radius 2 is 1.87 bits per heavy atom. The Balaban J connectivity index is 1.65. The van der Waals surface area contributed by atoms with Crippen LogP contribution in [-0.4, -0.2) is 41.1 Å². The normalized spacial score (nSPS) is 10.5. The third-order valence-electron chi connectivity index (χ3n) is 4.55. The van der Waals surface area contributed by atoms with Gasteiger partial charge in [-0.1, -0.05) is 30.3 Å². The maximum Gasteiger partial charge on any atom is 0.286 e. The molecule has 0 saturated carbocycles. The number of carbonyl (C=O) groups is 1. The molecule has 30 heavy (non-hydrogen) atoms. The van der Waals surface area contributed by atoms with Crippen LogP contribution in [0.3, 0.4) is 0 Å². The lowest BCUT2D eigenvalue weighted by Crippen LogP contribution is -2.26. The lowest BCUT2D eigenvalue weighted by atomic mass is 10.1. The fourth-order valence-electron chi connectivity index (χ4n) is 3.08. The summed E-state index contributed by atoms with van der Waals surface area (Å²) < 4.78 is 12.2. The summed E-state index contributed by atoms with van der Waals surface area (Å²) in [6, 6.07) is 12.3. The summed E-state index contributed by atoms with van der Waals surface area (Å²) in [4.78, 5) is 27.7. The van der Waals surface area contributed by atoms with E-state index in [0.717, 1.165) is 11.4 Å². The number of imidazole rings is 1. The molecule has 0 bridgehead atoms. The third kappa shape index (κ3) is 4.57. The second-order valence-electron chi connectivity index (χ2n) is 6.40. The molecule has 0 aliphatic heterocycles. The van der Waals surface area contributed by atoms with Crippen LogP contribution in [-0.2, 0) is 6.54 Å². The van der Waals surface area contributed by atoms with Crippen LogP contribution in [0.25, 0.3) is 11.4 Å². The molecule has 156 valence electrons. The highest BCUT2D eigenvalue weighted by molar-refractivity contribution is 5.99. The number of methoxy groups -OCH3 is 2. The molecule has 0 radical (unpaired) electrons. The quantitative estimate of drug-likeness (QED) is 0.329. The fourth-order valence-corrected chi connectivity index (χ4v) is 3.08. The molecule has 1 amide bonds. The van der Waals surface area contributed by atoms with Gasteiger partial charge in [-0.25, -0.2) is 4.98 Å². The highest BCUT2D eigenvalue weighted by Gasteiger charge is 2.24. The summed E-state index contributed by atoms with van der Waals surface area (Å²) in [6.45, 7) is 0.981. The van der Waals surface area contributed by atoms with E-state index in [1.54, 1.807) is 6.20 Å². The first-order chi connectivity index (χ1) is 14.5. The van der Waals surface area contributed by atoms with Crippen molar-refractivity contribution >= 4 is 11.6 Å². The summed E-state index contributed by atoms with van der Waals surface area (Å²) in [7, 11) is 2.78. The van der Waals surface area contributed by atoms with Crippen LogP contribution < -0.4 is 14.8 Å². The van der Waals surface area contributed by atoms with Crippen molar-refractivity contribution in [1.82, 2.24) is 14.9 Å². The average molecular weight is 410 g/mol. The van der Waals surface area contributed by atoms with Crippen LogP contribution >= 0.6 is 0 Å². The lowest BCUT2D eigenvalue weighted by Gasteiger charge is -2.11. The number of benzene rings is 2. The number of carbonyl (C=O) groups excluding carboxylic acids is 1. The summed E-state index contributed by atoms with van der Waals surface area (Å²) in [5.74, 6) is 0.738. The molecular weight excluding hydrogens is 388 g/mol. The predicted molar refractivity (Wildman–Crippen MR) is 111 cm³/mol. The zero-order valence-corrected chi connectivity index (χ0v) is 16.7. The minimum Gasteiger partial charge on any atom is -0.493 e. The second kappa shape index (κ2) is 9.55. The van der Waals surface area contributed by atoms with E-state index in [4.69, 9.17) is 9.47 Å². The predicted octanol–water partition coefficient (Wildman–Crippen LogP) is 3.30. The molecule has 0 spiro atoms. The van der Waals surface area contributed by atoms with E-state index < -0.39 is 10.8 Å². The largest absolute Gasteiger partial charge is 0.493 e. The van der Waals surface area contributed by atoms with Crippen LogP contribution in [0, 0.1) is 10.1 Å². The number of hydrogen-bond donors (Lipinski definition) is 1. The number of aryl methyl sites for hydroxylation is 1.